The highest BCUT2D eigenvalue weighted by Gasteiger charge is 2.27. The van der Waals surface area contributed by atoms with Gasteiger partial charge < -0.3 is 5.73 Å². The zero-order valence-electron chi connectivity index (χ0n) is 8.06. The van der Waals surface area contributed by atoms with E-state index in [0.717, 1.165) is 11.6 Å². The largest absolute Gasteiger partial charge is 0.324 e. The minimum absolute atomic E-state index is 0.422. The van der Waals surface area contributed by atoms with Gasteiger partial charge in [0.25, 0.3) is 0 Å². The van der Waals surface area contributed by atoms with Crippen LogP contribution in [0.25, 0.3) is 0 Å². The first-order valence-electron chi connectivity index (χ1n) is 4.65. The Morgan fingerprint density at radius 3 is 2.93 bits per heavy atom. The van der Waals surface area contributed by atoms with Gasteiger partial charge in [0.2, 0.25) is 0 Å². The van der Waals surface area contributed by atoms with Crippen molar-refractivity contribution in [3.63, 3.8) is 0 Å². The van der Waals surface area contributed by atoms with Crippen molar-refractivity contribution >= 4 is 23.5 Å². The van der Waals surface area contributed by atoms with Gasteiger partial charge in [-0.15, -0.1) is 11.8 Å². The predicted octanol–water partition coefficient (Wildman–Crippen LogP) is 1.17. The Balaban J connectivity index is 2.12. The standard InChI is InChI=1S/C8H14N4S2/c1-5-7(14-3-2-13-5)8-10-6(4-9)11-12-8/h5,7H,2-4,9H2,1H3,(H,10,11,12). The lowest BCUT2D eigenvalue weighted by Gasteiger charge is -2.25. The molecule has 1 fully saturated rings. The van der Waals surface area contributed by atoms with Crippen LogP contribution in [0.3, 0.4) is 0 Å². The quantitative estimate of drug-likeness (QED) is 0.798. The lowest BCUT2D eigenvalue weighted by molar-refractivity contribution is 0.829. The molecule has 1 aromatic heterocycles. The van der Waals surface area contributed by atoms with Gasteiger partial charge in [-0.25, -0.2) is 4.98 Å². The molecule has 0 amide bonds. The number of aromatic nitrogens is 3. The minimum atomic E-state index is 0.422. The minimum Gasteiger partial charge on any atom is -0.324 e. The van der Waals surface area contributed by atoms with Crippen LogP contribution in [0.15, 0.2) is 0 Å². The molecule has 0 saturated carbocycles. The summed E-state index contributed by atoms with van der Waals surface area (Å²) in [5, 5.41) is 8.09. The first kappa shape index (κ1) is 10.3. The summed E-state index contributed by atoms with van der Waals surface area (Å²) in [6, 6.07) is 0. The number of nitrogens with two attached hydrogens (primary N) is 1. The molecule has 0 aromatic carbocycles. The van der Waals surface area contributed by atoms with E-state index in [1.54, 1.807) is 0 Å². The average molecular weight is 230 g/mol. The van der Waals surface area contributed by atoms with Crippen molar-refractivity contribution in [2.75, 3.05) is 11.5 Å². The monoisotopic (exact) mass is 230 g/mol. The van der Waals surface area contributed by atoms with Crippen molar-refractivity contribution in [1.82, 2.24) is 15.2 Å². The van der Waals surface area contributed by atoms with Gasteiger partial charge in [0, 0.05) is 16.8 Å². The van der Waals surface area contributed by atoms with E-state index in [-0.39, 0.29) is 0 Å². The van der Waals surface area contributed by atoms with Gasteiger partial charge in [0.15, 0.2) is 5.82 Å². The second-order valence-corrected chi connectivity index (χ2v) is 5.95. The Labute approximate surface area is 91.8 Å². The third kappa shape index (κ3) is 2.07. The number of H-pyrrole nitrogens is 1. The molecule has 0 spiro atoms. The van der Waals surface area contributed by atoms with Crippen LogP contribution in [0.4, 0.5) is 0 Å². The van der Waals surface area contributed by atoms with Crippen LogP contribution < -0.4 is 5.73 Å². The summed E-state index contributed by atoms with van der Waals surface area (Å²) in [5.41, 5.74) is 5.48. The maximum atomic E-state index is 5.48. The summed E-state index contributed by atoms with van der Waals surface area (Å²) in [5.74, 6) is 4.11. The summed E-state index contributed by atoms with van der Waals surface area (Å²) < 4.78 is 0. The van der Waals surface area contributed by atoms with E-state index in [9.17, 15) is 0 Å². The molecule has 2 rings (SSSR count). The van der Waals surface area contributed by atoms with Crippen molar-refractivity contribution in [2.24, 2.45) is 5.73 Å². The summed E-state index contributed by atoms with van der Waals surface area (Å²) in [6.45, 7) is 2.67. The van der Waals surface area contributed by atoms with Crippen molar-refractivity contribution in [3.8, 4) is 0 Å². The third-order valence-electron chi connectivity index (χ3n) is 2.18. The molecule has 14 heavy (non-hydrogen) atoms. The summed E-state index contributed by atoms with van der Waals surface area (Å²) in [4.78, 5) is 4.38. The molecule has 6 heteroatoms. The number of aromatic amines is 1. The first-order valence-corrected chi connectivity index (χ1v) is 6.75. The number of rotatable bonds is 2. The van der Waals surface area contributed by atoms with Crippen LogP contribution in [-0.2, 0) is 6.54 Å². The molecular weight excluding hydrogens is 216 g/mol. The second-order valence-electron chi connectivity index (χ2n) is 3.21. The van der Waals surface area contributed by atoms with Crippen LogP contribution >= 0.6 is 23.5 Å². The molecule has 1 saturated heterocycles. The van der Waals surface area contributed by atoms with Gasteiger partial charge >= 0.3 is 0 Å². The Morgan fingerprint density at radius 1 is 1.50 bits per heavy atom. The molecule has 78 valence electrons. The van der Waals surface area contributed by atoms with E-state index in [1.807, 2.05) is 23.5 Å². The number of nitrogens with zero attached hydrogens (tertiary/aromatic N) is 2. The molecule has 1 aliphatic rings. The number of thioether (sulfide) groups is 2. The van der Waals surface area contributed by atoms with Gasteiger partial charge in [-0.3, -0.25) is 5.10 Å². The van der Waals surface area contributed by atoms with Crippen molar-refractivity contribution in [3.05, 3.63) is 11.6 Å². The SMILES string of the molecule is CC1SCCSC1c1n[nH]c(CN)n1. The van der Waals surface area contributed by atoms with Gasteiger partial charge in [-0.05, 0) is 0 Å². The Morgan fingerprint density at radius 2 is 2.29 bits per heavy atom. The Kier molecular flexibility index (Phi) is 3.35. The Hall–Kier alpha value is -0.200. The van der Waals surface area contributed by atoms with Crippen LogP contribution in [0.5, 0.6) is 0 Å². The van der Waals surface area contributed by atoms with Crippen LogP contribution in [0, 0.1) is 0 Å². The van der Waals surface area contributed by atoms with Gasteiger partial charge in [0.05, 0.1) is 11.8 Å². The van der Waals surface area contributed by atoms with E-state index in [1.165, 1.54) is 11.5 Å². The molecule has 0 bridgehead atoms. The van der Waals surface area contributed by atoms with Crippen LogP contribution in [0.1, 0.15) is 23.8 Å². The molecule has 0 radical (unpaired) electrons. The number of hydrogen-bond acceptors (Lipinski definition) is 5. The highest BCUT2D eigenvalue weighted by atomic mass is 32.2. The second kappa shape index (κ2) is 4.55. The summed E-state index contributed by atoms with van der Waals surface area (Å²) >= 11 is 3.93. The summed E-state index contributed by atoms with van der Waals surface area (Å²) in [7, 11) is 0. The Bertz CT molecular complexity index is 301. The number of hydrogen-bond donors (Lipinski definition) is 2. The average Bonchev–Trinajstić information content (AvgIpc) is 2.67. The molecular formula is C8H14N4S2. The molecule has 1 aliphatic heterocycles. The zero-order valence-corrected chi connectivity index (χ0v) is 9.70. The van der Waals surface area contributed by atoms with E-state index in [2.05, 4.69) is 22.1 Å². The molecule has 4 nitrogen and oxygen atoms in total. The van der Waals surface area contributed by atoms with E-state index < -0.39 is 0 Å². The zero-order chi connectivity index (χ0) is 9.97. The first-order chi connectivity index (χ1) is 6.81. The molecule has 2 heterocycles. The van der Waals surface area contributed by atoms with Crippen LogP contribution in [-0.4, -0.2) is 31.9 Å². The molecule has 1 aromatic rings. The smallest absolute Gasteiger partial charge is 0.164 e. The number of nitrogens with one attached hydrogen (secondary N) is 1. The van der Waals surface area contributed by atoms with Crippen molar-refractivity contribution < 1.29 is 0 Å². The lowest BCUT2D eigenvalue weighted by atomic mass is 10.3. The van der Waals surface area contributed by atoms with Crippen molar-refractivity contribution in [2.45, 2.75) is 24.0 Å². The molecule has 2 atom stereocenters. The maximum absolute atomic E-state index is 5.48. The van der Waals surface area contributed by atoms with Gasteiger partial charge in [0.1, 0.15) is 5.82 Å². The third-order valence-corrected chi connectivity index (χ3v) is 5.27. The van der Waals surface area contributed by atoms with E-state index in [0.29, 0.717) is 17.0 Å². The van der Waals surface area contributed by atoms with Crippen LogP contribution in [0.2, 0.25) is 0 Å². The highest BCUT2D eigenvalue weighted by molar-refractivity contribution is 8.06. The highest BCUT2D eigenvalue weighted by Crippen LogP contribution is 2.40. The fourth-order valence-electron chi connectivity index (χ4n) is 1.45. The normalized spacial score (nSPS) is 27.9. The molecule has 2 unspecified atom stereocenters. The van der Waals surface area contributed by atoms with E-state index >= 15 is 0 Å². The predicted molar refractivity (Wildman–Crippen MR) is 61.4 cm³/mol. The van der Waals surface area contributed by atoms with Gasteiger partial charge in [-0.2, -0.15) is 16.9 Å². The fraction of sp³-hybridized carbons (Fsp3) is 0.750. The fourth-order valence-corrected chi connectivity index (χ4v) is 4.13. The van der Waals surface area contributed by atoms with Gasteiger partial charge in [-0.1, -0.05) is 6.92 Å². The lowest BCUT2D eigenvalue weighted by Crippen LogP contribution is -2.17. The molecule has 3 N–H and O–H groups in total. The summed E-state index contributed by atoms with van der Waals surface area (Å²) in [6.07, 6.45) is 0. The topological polar surface area (TPSA) is 67.6 Å². The van der Waals surface area contributed by atoms with E-state index in [4.69, 9.17) is 5.73 Å². The van der Waals surface area contributed by atoms with Crippen molar-refractivity contribution in [1.29, 1.82) is 0 Å². The maximum Gasteiger partial charge on any atom is 0.164 e. The molecule has 0 aliphatic carbocycles.